The number of aryl methyl sites for hydroxylation is 1. The first kappa shape index (κ1) is 18.8. The van der Waals surface area contributed by atoms with Crippen LogP contribution in [-0.4, -0.2) is 34.9 Å². The zero-order valence-corrected chi connectivity index (χ0v) is 17.1. The minimum Gasteiger partial charge on any atom is -0.369 e. The van der Waals surface area contributed by atoms with Gasteiger partial charge in [-0.3, -0.25) is 9.59 Å². The van der Waals surface area contributed by atoms with Gasteiger partial charge >= 0.3 is 0 Å². The van der Waals surface area contributed by atoms with Crippen molar-refractivity contribution in [2.45, 2.75) is 26.2 Å². The first-order chi connectivity index (χ1) is 13.5. The van der Waals surface area contributed by atoms with Gasteiger partial charge in [0, 0.05) is 18.5 Å². The molecule has 1 aliphatic heterocycles. The zero-order chi connectivity index (χ0) is 19.7. The molecule has 0 spiro atoms. The van der Waals surface area contributed by atoms with Crippen LogP contribution in [-0.2, 0) is 16.0 Å². The maximum Gasteiger partial charge on any atom is 0.231 e. The number of piperidine rings is 1. The number of thiazole rings is 2. The summed E-state index contributed by atoms with van der Waals surface area (Å²) in [6.07, 6.45) is 1.87. The van der Waals surface area contributed by atoms with E-state index in [9.17, 15) is 9.59 Å². The lowest BCUT2D eigenvalue weighted by Gasteiger charge is -2.31. The molecule has 4 rings (SSSR count). The van der Waals surface area contributed by atoms with Crippen LogP contribution in [0.25, 0.3) is 10.2 Å². The first-order valence-electron chi connectivity index (χ1n) is 9.13. The normalized spacial score (nSPS) is 17.0. The van der Waals surface area contributed by atoms with E-state index in [1.54, 1.807) is 16.7 Å². The molecule has 2 amide bonds. The number of carbonyl (C=O) groups is 2. The fraction of sp³-hybridized carbons (Fsp3) is 0.368. The Hall–Kier alpha value is -2.52. The number of rotatable bonds is 5. The van der Waals surface area contributed by atoms with E-state index in [2.05, 4.69) is 34.3 Å². The van der Waals surface area contributed by atoms with Gasteiger partial charge in [0.15, 0.2) is 10.3 Å². The van der Waals surface area contributed by atoms with Gasteiger partial charge in [0.05, 0.1) is 28.2 Å². The fourth-order valence-electron chi connectivity index (χ4n) is 3.35. The van der Waals surface area contributed by atoms with Crippen molar-refractivity contribution in [1.29, 1.82) is 0 Å². The van der Waals surface area contributed by atoms with Crippen LogP contribution in [0, 0.1) is 12.8 Å². The number of benzene rings is 1. The molecular formula is C19H21N5O2S2. The van der Waals surface area contributed by atoms with Gasteiger partial charge in [-0.2, -0.15) is 0 Å². The SMILES string of the molecule is Cc1ccc2nc(N3CCCC(C(=O)Nc4nc(CC(N)=O)cs4)C3)sc2c1. The Labute approximate surface area is 170 Å². The quantitative estimate of drug-likeness (QED) is 0.667. The molecule has 1 saturated heterocycles. The topological polar surface area (TPSA) is 101 Å². The molecule has 3 N–H and O–H groups in total. The van der Waals surface area contributed by atoms with E-state index in [0.717, 1.165) is 30.0 Å². The summed E-state index contributed by atoms with van der Waals surface area (Å²) in [5, 5.41) is 6.11. The third-order valence-corrected chi connectivity index (χ3v) is 6.62. The molecule has 3 aromatic rings. The van der Waals surface area contributed by atoms with Gasteiger partial charge in [-0.15, -0.1) is 11.3 Å². The van der Waals surface area contributed by atoms with E-state index < -0.39 is 5.91 Å². The van der Waals surface area contributed by atoms with E-state index >= 15 is 0 Å². The molecule has 28 heavy (non-hydrogen) atoms. The van der Waals surface area contributed by atoms with E-state index in [1.807, 2.05) is 6.07 Å². The molecule has 1 aromatic carbocycles. The van der Waals surface area contributed by atoms with Crippen molar-refractivity contribution in [3.63, 3.8) is 0 Å². The molecule has 1 fully saturated rings. The Balaban J connectivity index is 1.43. The molecule has 146 valence electrons. The van der Waals surface area contributed by atoms with Gasteiger partial charge in [0.25, 0.3) is 0 Å². The van der Waals surface area contributed by atoms with Crippen molar-refractivity contribution < 1.29 is 9.59 Å². The standard InChI is InChI=1S/C19H21N5O2S2/c1-11-4-5-14-15(7-11)28-19(22-14)24-6-2-3-12(9-24)17(26)23-18-21-13(10-27-18)8-16(20)25/h4-5,7,10,12H,2-3,6,8-9H2,1H3,(H2,20,25)(H,21,23,26). The minimum atomic E-state index is -0.433. The monoisotopic (exact) mass is 415 g/mol. The Morgan fingerprint density at radius 1 is 1.36 bits per heavy atom. The Kier molecular flexibility index (Phi) is 5.27. The van der Waals surface area contributed by atoms with Crippen LogP contribution < -0.4 is 16.0 Å². The van der Waals surface area contributed by atoms with Crippen molar-refractivity contribution in [2.24, 2.45) is 11.7 Å². The molecule has 0 radical (unpaired) electrons. The Bertz CT molecular complexity index is 1030. The molecule has 1 aliphatic rings. The average Bonchev–Trinajstić information content (AvgIpc) is 3.27. The van der Waals surface area contributed by atoms with Crippen LogP contribution in [0.15, 0.2) is 23.6 Å². The summed E-state index contributed by atoms with van der Waals surface area (Å²) in [7, 11) is 0. The molecule has 3 heterocycles. The van der Waals surface area contributed by atoms with E-state index in [0.29, 0.717) is 17.4 Å². The lowest BCUT2D eigenvalue weighted by Crippen LogP contribution is -2.40. The fourth-order valence-corrected chi connectivity index (χ4v) is 5.16. The molecule has 0 bridgehead atoms. The number of nitrogens with two attached hydrogens (primary N) is 1. The Morgan fingerprint density at radius 2 is 2.21 bits per heavy atom. The predicted octanol–water partition coefficient (Wildman–Crippen LogP) is 2.94. The second kappa shape index (κ2) is 7.84. The summed E-state index contributed by atoms with van der Waals surface area (Å²) in [6, 6.07) is 6.26. The van der Waals surface area contributed by atoms with Gasteiger partial charge in [-0.25, -0.2) is 9.97 Å². The van der Waals surface area contributed by atoms with Crippen molar-refractivity contribution >= 4 is 55.0 Å². The molecule has 0 saturated carbocycles. The highest BCUT2D eigenvalue weighted by Gasteiger charge is 2.28. The van der Waals surface area contributed by atoms with Crippen LogP contribution in [0.3, 0.4) is 0 Å². The maximum absolute atomic E-state index is 12.7. The predicted molar refractivity (Wildman–Crippen MR) is 113 cm³/mol. The van der Waals surface area contributed by atoms with Crippen LogP contribution in [0.5, 0.6) is 0 Å². The highest BCUT2D eigenvalue weighted by molar-refractivity contribution is 7.22. The van der Waals surface area contributed by atoms with Crippen molar-refractivity contribution in [2.75, 3.05) is 23.3 Å². The number of amides is 2. The van der Waals surface area contributed by atoms with Crippen molar-refractivity contribution in [3.05, 3.63) is 34.8 Å². The van der Waals surface area contributed by atoms with Gasteiger partial charge in [-0.05, 0) is 37.5 Å². The van der Waals surface area contributed by atoms with Gasteiger partial charge in [0.1, 0.15) is 0 Å². The molecule has 0 aliphatic carbocycles. The average molecular weight is 416 g/mol. The first-order valence-corrected chi connectivity index (χ1v) is 10.8. The van der Waals surface area contributed by atoms with Gasteiger partial charge in [0.2, 0.25) is 11.8 Å². The highest BCUT2D eigenvalue weighted by Crippen LogP contribution is 2.32. The molecule has 9 heteroatoms. The number of aromatic nitrogens is 2. The van der Waals surface area contributed by atoms with Crippen molar-refractivity contribution in [1.82, 2.24) is 9.97 Å². The summed E-state index contributed by atoms with van der Waals surface area (Å²) in [6.45, 7) is 3.63. The maximum atomic E-state index is 12.7. The number of carbonyl (C=O) groups excluding carboxylic acids is 2. The second-order valence-corrected chi connectivity index (χ2v) is 8.90. The minimum absolute atomic E-state index is 0.0402. The summed E-state index contributed by atoms with van der Waals surface area (Å²) in [5.74, 6) is -0.593. The van der Waals surface area contributed by atoms with Crippen LogP contribution in [0.1, 0.15) is 24.1 Å². The van der Waals surface area contributed by atoms with Crippen molar-refractivity contribution in [3.8, 4) is 0 Å². The molecule has 2 aromatic heterocycles. The van der Waals surface area contributed by atoms with Gasteiger partial charge in [-0.1, -0.05) is 17.4 Å². The number of nitrogens with zero attached hydrogens (tertiary/aromatic N) is 3. The summed E-state index contributed by atoms with van der Waals surface area (Å²) in [4.78, 5) is 34.9. The van der Waals surface area contributed by atoms with E-state index in [1.165, 1.54) is 21.6 Å². The number of nitrogens with one attached hydrogen (secondary N) is 1. The molecular weight excluding hydrogens is 394 g/mol. The second-order valence-electron chi connectivity index (χ2n) is 7.03. The van der Waals surface area contributed by atoms with Crippen LogP contribution in [0.4, 0.5) is 10.3 Å². The number of hydrogen-bond acceptors (Lipinski definition) is 7. The van der Waals surface area contributed by atoms with Crippen LogP contribution >= 0.6 is 22.7 Å². The number of primary amides is 1. The Morgan fingerprint density at radius 3 is 3.04 bits per heavy atom. The lowest BCUT2D eigenvalue weighted by molar-refractivity contribution is -0.120. The number of anilines is 2. The summed E-state index contributed by atoms with van der Waals surface area (Å²) in [5.41, 5.74) is 7.99. The largest absolute Gasteiger partial charge is 0.369 e. The molecule has 7 nitrogen and oxygen atoms in total. The molecule has 1 unspecified atom stereocenters. The smallest absolute Gasteiger partial charge is 0.231 e. The highest BCUT2D eigenvalue weighted by atomic mass is 32.1. The van der Waals surface area contributed by atoms with E-state index in [-0.39, 0.29) is 18.2 Å². The summed E-state index contributed by atoms with van der Waals surface area (Å²) < 4.78 is 1.17. The van der Waals surface area contributed by atoms with Gasteiger partial charge < -0.3 is 16.0 Å². The number of hydrogen-bond donors (Lipinski definition) is 2. The zero-order valence-electron chi connectivity index (χ0n) is 15.5. The lowest BCUT2D eigenvalue weighted by atomic mass is 9.97. The van der Waals surface area contributed by atoms with Crippen LogP contribution in [0.2, 0.25) is 0 Å². The molecule has 1 atom stereocenters. The number of fused-ring (bicyclic) bond motifs is 1. The van der Waals surface area contributed by atoms with E-state index in [4.69, 9.17) is 10.7 Å². The third-order valence-electron chi connectivity index (χ3n) is 4.73. The third kappa shape index (κ3) is 4.15. The summed E-state index contributed by atoms with van der Waals surface area (Å²) >= 11 is 2.98.